The molecule has 3 nitrogen and oxygen atoms in total. The fourth-order valence-electron chi connectivity index (χ4n) is 3.21. The molecule has 1 aliphatic rings. The Morgan fingerprint density at radius 3 is 2.04 bits per heavy atom. The topological polar surface area (TPSA) is 46.3 Å². The largest absolute Gasteiger partial charge is 0.416 e. The van der Waals surface area contributed by atoms with Gasteiger partial charge in [-0.05, 0) is 42.7 Å². The molecular formula is C18H14F6N2O. The van der Waals surface area contributed by atoms with Gasteiger partial charge in [-0.2, -0.15) is 26.3 Å². The van der Waals surface area contributed by atoms with Gasteiger partial charge in [-0.15, -0.1) is 0 Å². The minimum atomic E-state index is -4.98. The average Bonchev–Trinajstić information content (AvgIpc) is 2.58. The molecule has 0 aliphatic carbocycles. The second-order valence-electron chi connectivity index (χ2n) is 6.22. The van der Waals surface area contributed by atoms with Gasteiger partial charge in [-0.3, -0.25) is 4.79 Å². The van der Waals surface area contributed by atoms with Crippen LogP contribution in [0, 0.1) is 0 Å². The third-order valence-electron chi connectivity index (χ3n) is 4.43. The molecule has 3 rings (SSSR count). The molecular weight excluding hydrogens is 374 g/mol. The van der Waals surface area contributed by atoms with Gasteiger partial charge in [0.05, 0.1) is 11.1 Å². The molecule has 2 aromatic rings. The highest BCUT2D eigenvalue weighted by Crippen LogP contribution is 2.42. The number of carbonyl (C=O) groups is 1. The van der Waals surface area contributed by atoms with Gasteiger partial charge >= 0.3 is 12.4 Å². The van der Waals surface area contributed by atoms with Crippen molar-refractivity contribution in [3.63, 3.8) is 0 Å². The van der Waals surface area contributed by atoms with E-state index in [9.17, 15) is 31.1 Å². The first kappa shape index (κ1) is 19.1. The van der Waals surface area contributed by atoms with Gasteiger partial charge in [0, 0.05) is 11.4 Å². The Balaban J connectivity index is 2.25. The summed E-state index contributed by atoms with van der Waals surface area (Å²) in [5, 5.41) is 0. The van der Waals surface area contributed by atoms with E-state index >= 15 is 0 Å². The van der Waals surface area contributed by atoms with Crippen molar-refractivity contribution in [2.45, 2.75) is 31.2 Å². The Hall–Kier alpha value is -2.71. The number of benzene rings is 2. The number of anilines is 2. The summed E-state index contributed by atoms with van der Waals surface area (Å²) >= 11 is 0. The number of hydrogen-bond acceptors (Lipinski definition) is 2. The number of amides is 1. The molecule has 2 N–H and O–H groups in total. The van der Waals surface area contributed by atoms with Gasteiger partial charge < -0.3 is 10.6 Å². The first-order valence-corrected chi connectivity index (χ1v) is 7.94. The molecule has 0 saturated heterocycles. The van der Waals surface area contributed by atoms with Gasteiger partial charge in [0.2, 0.25) is 5.91 Å². The van der Waals surface area contributed by atoms with Crippen molar-refractivity contribution in [1.82, 2.24) is 0 Å². The number of halogens is 6. The van der Waals surface area contributed by atoms with Crippen molar-refractivity contribution in [2.24, 2.45) is 5.73 Å². The Labute approximate surface area is 150 Å². The highest BCUT2D eigenvalue weighted by atomic mass is 19.4. The zero-order valence-corrected chi connectivity index (χ0v) is 13.7. The van der Waals surface area contributed by atoms with Crippen molar-refractivity contribution < 1.29 is 31.1 Å². The van der Waals surface area contributed by atoms with Crippen LogP contribution in [0.4, 0.5) is 37.7 Å². The van der Waals surface area contributed by atoms with E-state index in [2.05, 4.69) is 0 Å². The van der Waals surface area contributed by atoms with E-state index in [1.54, 1.807) is 18.2 Å². The molecule has 0 saturated carbocycles. The van der Waals surface area contributed by atoms with Gasteiger partial charge in [0.25, 0.3) is 0 Å². The third kappa shape index (κ3) is 3.72. The van der Waals surface area contributed by atoms with Crippen molar-refractivity contribution >= 4 is 17.3 Å². The summed E-state index contributed by atoms with van der Waals surface area (Å²) in [5.74, 6) is -0.824. The fraction of sp³-hybridized carbons (Fsp3) is 0.278. The van der Waals surface area contributed by atoms with E-state index in [-0.39, 0.29) is 18.2 Å². The smallest absolute Gasteiger partial charge is 0.368 e. The predicted octanol–water partition coefficient (Wildman–Crippen LogP) is 4.66. The summed E-state index contributed by atoms with van der Waals surface area (Å²) < 4.78 is 79.1. The van der Waals surface area contributed by atoms with Crippen LogP contribution in [-0.4, -0.2) is 11.9 Å². The molecule has 1 amide bonds. The van der Waals surface area contributed by atoms with E-state index in [1.807, 2.05) is 0 Å². The van der Waals surface area contributed by atoms with Gasteiger partial charge in [-0.1, -0.05) is 18.2 Å². The van der Waals surface area contributed by atoms with Crippen LogP contribution in [-0.2, 0) is 23.6 Å². The van der Waals surface area contributed by atoms with E-state index in [4.69, 9.17) is 5.73 Å². The molecule has 0 radical (unpaired) electrons. The molecule has 144 valence electrons. The minimum Gasteiger partial charge on any atom is -0.368 e. The summed E-state index contributed by atoms with van der Waals surface area (Å²) in [4.78, 5) is 13.0. The monoisotopic (exact) mass is 388 g/mol. The van der Waals surface area contributed by atoms with Gasteiger partial charge in [-0.25, -0.2) is 0 Å². The van der Waals surface area contributed by atoms with Crippen molar-refractivity contribution in [3.05, 3.63) is 59.2 Å². The van der Waals surface area contributed by atoms with E-state index in [0.717, 1.165) is 4.90 Å². The van der Waals surface area contributed by atoms with Crippen LogP contribution in [0.15, 0.2) is 42.5 Å². The Morgan fingerprint density at radius 2 is 1.52 bits per heavy atom. The van der Waals surface area contributed by atoms with Gasteiger partial charge in [0.15, 0.2) is 0 Å². The maximum Gasteiger partial charge on any atom is 0.416 e. The molecule has 1 aliphatic heterocycles. The zero-order valence-electron chi connectivity index (χ0n) is 13.7. The molecule has 0 spiro atoms. The number of carbonyl (C=O) groups excluding carboxylic acids is 1. The number of aryl methyl sites for hydroxylation is 1. The van der Waals surface area contributed by atoms with Crippen LogP contribution in [0.2, 0.25) is 0 Å². The van der Waals surface area contributed by atoms with Crippen LogP contribution < -0.4 is 10.6 Å². The number of nitrogens with two attached hydrogens (primary N) is 1. The van der Waals surface area contributed by atoms with E-state index in [0.29, 0.717) is 29.8 Å². The van der Waals surface area contributed by atoms with Crippen LogP contribution in [0.3, 0.4) is 0 Å². The second kappa shape index (κ2) is 6.47. The summed E-state index contributed by atoms with van der Waals surface area (Å²) in [6, 6.07) is 6.75. The number of hydrogen-bond donors (Lipinski definition) is 1. The lowest BCUT2D eigenvalue weighted by atomic mass is 9.94. The molecule has 9 heteroatoms. The summed E-state index contributed by atoms with van der Waals surface area (Å²) in [6.07, 6.45) is -9.34. The van der Waals surface area contributed by atoms with Crippen LogP contribution >= 0.6 is 0 Å². The van der Waals surface area contributed by atoms with E-state index < -0.39 is 35.4 Å². The first-order valence-electron chi connectivity index (χ1n) is 7.94. The first-order chi connectivity index (χ1) is 12.5. The van der Waals surface area contributed by atoms with Crippen molar-refractivity contribution in [2.75, 3.05) is 4.90 Å². The standard InChI is InChI=1S/C18H14F6N2O/c19-17(20,21)11-7-12(18(22,23)24)9-13(8-11)26-14-4-2-1-3-10(14)5-6-15(26)16(25)27/h1-4,7-9,15H,5-6H2,(H2,25,27). The molecule has 0 aromatic heterocycles. The molecule has 0 fully saturated rings. The minimum absolute atomic E-state index is 0.0542. The number of nitrogens with zero attached hydrogens (tertiary/aromatic N) is 1. The summed E-state index contributed by atoms with van der Waals surface area (Å²) in [7, 11) is 0. The van der Waals surface area contributed by atoms with Crippen molar-refractivity contribution in [3.8, 4) is 0 Å². The maximum atomic E-state index is 13.2. The number of fused-ring (bicyclic) bond motifs is 1. The molecule has 1 heterocycles. The van der Waals surface area contributed by atoms with Crippen molar-refractivity contribution in [1.29, 1.82) is 0 Å². The summed E-state index contributed by atoms with van der Waals surface area (Å²) in [6.45, 7) is 0. The van der Waals surface area contributed by atoms with Crippen LogP contribution in [0.5, 0.6) is 0 Å². The molecule has 1 atom stereocenters. The summed E-state index contributed by atoms with van der Waals surface area (Å²) in [5.41, 5.74) is 3.17. The molecule has 2 aromatic carbocycles. The quantitative estimate of drug-likeness (QED) is 0.761. The molecule has 0 bridgehead atoms. The third-order valence-corrected chi connectivity index (χ3v) is 4.43. The molecule has 1 unspecified atom stereocenters. The lowest BCUT2D eigenvalue weighted by Crippen LogP contribution is -2.45. The SMILES string of the molecule is NC(=O)C1CCc2ccccc2N1c1cc(C(F)(F)F)cc(C(F)(F)F)c1. The number of primary amides is 1. The fourth-order valence-corrected chi connectivity index (χ4v) is 3.21. The van der Waals surface area contributed by atoms with Crippen LogP contribution in [0.25, 0.3) is 0 Å². The number of alkyl halides is 6. The average molecular weight is 388 g/mol. The highest BCUT2D eigenvalue weighted by molar-refractivity contribution is 5.88. The number of para-hydroxylation sites is 1. The number of rotatable bonds is 2. The molecule has 27 heavy (non-hydrogen) atoms. The Bertz CT molecular complexity index is 843. The lowest BCUT2D eigenvalue weighted by molar-refractivity contribution is -0.143. The second-order valence-corrected chi connectivity index (χ2v) is 6.22. The zero-order chi connectivity index (χ0) is 20.0. The lowest BCUT2D eigenvalue weighted by Gasteiger charge is -2.37. The maximum absolute atomic E-state index is 13.2. The normalized spacial score (nSPS) is 17.6. The van der Waals surface area contributed by atoms with E-state index in [1.165, 1.54) is 6.07 Å². The van der Waals surface area contributed by atoms with Crippen LogP contribution in [0.1, 0.15) is 23.1 Å². The highest BCUT2D eigenvalue weighted by Gasteiger charge is 2.39. The Morgan fingerprint density at radius 1 is 0.963 bits per heavy atom. The predicted molar refractivity (Wildman–Crippen MR) is 86.3 cm³/mol. The van der Waals surface area contributed by atoms with Gasteiger partial charge in [0.1, 0.15) is 6.04 Å². The Kier molecular flexibility index (Phi) is 4.57.